The molecule has 0 aliphatic carbocycles. The molecule has 0 fully saturated rings. The van der Waals surface area contributed by atoms with Crippen LogP contribution in [0.3, 0.4) is 0 Å². The van der Waals surface area contributed by atoms with Gasteiger partial charge in [-0.2, -0.15) is 5.26 Å². The van der Waals surface area contributed by atoms with E-state index >= 15 is 0 Å². The number of nitrogens with zero attached hydrogens (tertiary/aromatic N) is 4. The van der Waals surface area contributed by atoms with Gasteiger partial charge >= 0.3 is 0 Å². The average molecular weight is 474 g/mol. The summed E-state index contributed by atoms with van der Waals surface area (Å²) in [4.78, 5) is 12.8. The van der Waals surface area contributed by atoms with Crippen molar-refractivity contribution in [3.63, 3.8) is 0 Å². The van der Waals surface area contributed by atoms with Crippen molar-refractivity contribution in [1.29, 1.82) is 5.26 Å². The molecule has 1 N–H and O–H groups in total. The van der Waals surface area contributed by atoms with E-state index in [9.17, 15) is 4.79 Å². The Kier molecular flexibility index (Phi) is 7.08. The highest BCUT2D eigenvalue weighted by Gasteiger charge is 2.21. The first-order valence-corrected chi connectivity index (χ1v) is 11.5. The number of halogens is 1. The maximum absolute atomic E-state index is 12.8. The summed E-state index contributed by atoms with van der Waals surface area (Å²) in [5, 5.41) is 21.2. The molecule has 0 saturated heterocycles. The number of hydrogen-bond donors (Lipinski definition) is 1. The Morgan fingerprint density at radius 1 is 1.09 bits per heavy atom. The van der Waals surface area contributed by atoms with E-state index in [0.717, 1.165) is 17.1 Å². The van der Waals surface area contributed by atoms with Crippen molar-refractivity contribution in [3.05, 3.63) is 101 Å². The zero-order valence-electron chi connectivity index (χ0n) is 17.8. The zero-order chi connectivity index (χ0) is 23.2. The summed E-state index contributed by atoms with van der Waals surface area (Å²) in [5.74, 6) is 0.592. The van der Waals surface area contributed by atoms with Crippen LogP contribution in [0.5, 0.6) is 0 Å². The first-order chi connectivity index (χ1) is 16.0. The first-order valence-electron chi connectivity index (χ1n) is 10.3. The van der Waals surface area contributed by atoms with Crippen LogP contribution in [-0.2, 0) is 11.2 Å². The lowest BCUT2D eigenvalue weighted by Gasteiger charge is -2.14. The van der Waals surface area contributed by atoms with Gasteiger partial charge in [0, 0.05) is 17.8 Å². The van der Waals surface area contributed by atoms with Crippen molar-refractivity contribution in [3.8, 4) is 11.8 Å². The van der Waals surface area contributed by atoms with Crippen LogP contribution in [0.4, 0.5) is 5.69 Å². The normalized spacial score (nSPS) is 11.5. The van der Waals surface area contributed by atoms with Gasteiger partial charge in [0.15, 0.2) is 5.16 Å². The fourth-order valence-corrected chi connectivity index (χ4v) is 4.35. The Morgan fingerprint density at radius 2 is 1.79 bits per heavy atom. The van der Waals surface area contributed by atoms with E-state index in [1.54, 1.807) is 18.2 Å². The minimum atomic E-state index is -0.448. The molecule has 0 saturated carbocycles. The molecular weight excluding hydrogens is 454 g/mol. The zero-order valence-corrected chi connectivity index (χ0v) is 19.3. The van der Waals surface area contributed by atoms with Gasteiger partial charge in [-0.05, 0) is 42.8 Å². The van der Waals surface area contributed by atoms with Crippen LogP contribution in [0.1, 0.15) is 23.9 Å². The van der Waals surface area contributed by atoms with E-state index in [1.807, 2.05) is 66.1 Å². The minimum Gasteiger partial charge on any atom is -0.325 e. The molecule has 3 aromatic carbocycles. The summed E-state index contributed by atoms with van der Waals surface area (Å²) in [6.45, 7) is 1.81. The van der Waals surface area contributed by atoms with Gasteiger partial charge in [0.1, 0.15) is 11.9 Å². The highest BCUT2D eigenvalue weighted by Crippen LogP contribution is 2.28. The number of benzene rings is 3. The molecule has 1 heterocycles. The Bertz CT molecular complexity index is 1300. The molecule has 8 heteroatoms. The van der Waals surface area contributed by atoms with Crippen molar-refractivity contribution in [1.82, 2.24) is 14.8 Å². The molecule has 0 aliphatic heterocycles. The number of rotatable bonds is 7. The molecule has 0 spiro atoms. The second-order valence-electron chi connectivity index (χ2n) is 7.29. The third-order valence-electron chi connectivity index (χ3n) is 4.93. The van der Waals surface area contributed by atoms with E-state index in [0.29, 0.717) is 27.9 Å². The number of anilines is 1. The summed E-state index contributed by atoms with van der Waals surface area (Å²) >= 11 is 7.41. The number of amides is 1. The maximum Gasteiger partial charge on any atom is 0.237 e. The van der Waals surface area contributed by atoms with Gasteiger partial charge in [0.05, 0.1) is 15.8 Å². The smallest absolute Gasteiger partial charge is 0.237 e. The van der Waals surface area contributed by atoms with Crippen LogP contribution in [-0.4, -0.2) is 25.9 Å². The van der Waals surface area contributed by atoms with E-state index in [-0.39, 0.29) is 5.91 Å². The molecule has 0 radical (unpaired) electrons. The van der Waals surface area contributed by atoms with Gasteiger partial charge in [-0.1, -0.05) is 71.9 Å². The van der Waals surface area contributed by atoms with Crippen molar-refractivity contribution >= 4 is 35.0 Å². The SMILES string of the molecule is CC(Sc1nnc(Cc2ccccc2)n1-c1ccccc1)C(=O)Nc1ccc(C#N)c(Cl)c1. The molecule has 164 valence electrons. The molecule has 4 aromatic rings. The van der Waals surface area contributed by atoms with Gasteiger partial charge < -0.3 is 5.32 Å². The molecule has 1 aromatic heterocycles. The predicted octanol–water partition coefficient (Wildman–Crippen LogP) is 5.50. The van der Waals surface area contributed by atoms with E-state index in [2.05, 4.69) is 27.6 Å². The number of nitriles is 1. The monoisotopic (exact) mass is 473 g/mol. The number of carbonyl (C=O) groups is 1. The summed E-state index contributed by atoms with van der Waals surface area (Å²) < 4.78 is 1.99. The average Bonchev–Trinajstić information content (AvgIpc) is 3.22. The molecule has 1 unspecified atom stereocenters. The van der Waals surface area contributed by atoms with Crippen LogP contribution in [0.2, 0.25) is 5.02 Å². The topological polar surface area (TPSA) is 83.6 Å². The molecular formula is C25H20ClN5OS. The highest BCUT2D eigenvalue weighted by molar-refractivity contribution is 8.00. The fourth-order valence-electron chi connectivity index (χ4n) is 3.25. The maximum atomic E-state index is 12.8. The minimum absolute atomic E-state index is 0.201. The van der Waals surface area contributed by atoms with Crippen molar-refractivity contribution in [2.45, 2.75) is 23.8 Å². The van der Waals surface area contributed by atoms with E-state index in [1.165, 1.54) is 11.8 Å². The molecule has 0 aliphatic rings. The summed E-state index contributed by atoms with van der Waals surface area (Å²) in [6, 6.07) is 26.7. The Labute approximate surface area is 201 Å². The Morgan fingerprint density at radius 3 is 2.45 bits per heavy atom. The number of nitrogens with one attached hydrogen (secondary N) is 1. The summed E-state index contributed by atoms with van der Waals surface area (Å²) in [5.41, 5.74) is 2.95. The third kappa shape index (κ3) is 5.43. The first kappa shape index (κ1) is 22.6. The summed E-state index contributed by atoms with van der Waals surface area (Å²) in [6.07, 6.45) is 0.619. The van der Waals surface area contributed by atoms with Crippen LogP contribution in [0.25, 0.3) is 5.69 Å². The van der Waals surface area contributed by atoms with Crippen molar-refractivity contribution < 1.29 is 4.79 Å². The molecule has 1 atom stereocenters. The molecule has 0 bridgehead atoms. The second-order valence-corrected chi connectivity index (χ2v) is 9.00. The van der Waals surface area contributed by atoms with Crippen LogP contribution in [0, 0.1) is 11.3 Å². The number of aromatic nitrogens is 3. The third-order valence-corrected chi connectivity index (χ3v) is 6.28. The van der Waals surface area contributed by atoms with Crippen LogP contribution < -0.4 is 5.32 Å². The van der Waals surface area contributed by atoms with Crippen LogP contribution in [0.15, 0.2) is 84.0 Å². The quantitative estimate of drug-likeness (QED) is 0.358. The predicted molar refractivity (Wildman–Crippen MR) is 131 cm³/mol. The standard InChI is InChI=1S/C25H20ClN5OS/c1-17(24(32)28-20-13-12-19(16-27)22(26)15-20)33-25-30-29-23(14-18-8-4-2-5-9-18)31(25)21-10-6-3-7-11-21/h2-13,15,17H,14H2,1H3,(H,28,32). The Balaban J connectivity index is 1.56. The van der Waals surface area contributed by atoms with Gasteiger partial charge in [0.2, 0.25) is 5.91 Å². The Hall–Kier alpha value is -3.60. The number of carbonyl (C=O) groups excluding carboxylic acids is 1. The van der Waals surface area contributed by atoms with Gasteiger partial charge in [-0.15, -0.1) is 10.2 Å². The van der Waals surface area contributed by atoms with Crippen molar-refractivity contribution in [2.75, 3.05) is 5.32 Å². The summed E-state index contributed by atoms with van der Waals surface area (Å²) in [7, 11) is 0. The molecule has 4 rings (SSSR count). The molecule has 6 nitrogen and oxygen atoms in total. The number of hydrogen-bond acceptors (Lipinski definition) is 5. The lowest BCUT2D eigenvalue weighted by atomic mass is 10.1. The van der Waals surface area contributed by atoms with Gasteiger partial charge in [-0.25, -0.2) is 0 Å². The van der Waals surface area contributed by atoms with E-state index < -0.39 is 5.25 Å². The van der Waals surface area contributed by atoms with Gasteiger partial charge in [0.25, 0.3) is 0 Å². The van der Waals surface area contributed by atoms with Crippen LogP contribution >= 0.6 is 23.4 Å². The molecule has 33 heavy (non-hydrogen) atoms. The largest absolute Gasteiger partial charge is 0.325 e. The van der Waals surface area contributed by atoms with Gasteiger partial charge in [-0.3, -0.25) is 9.36 Å². The van der Waals surface area contributed by atoms with E-state index in [4.69, 9.17) is 16.9 Å². The number of para-hydroxylation sites is 1. The van der Waals surface area contributed by atoms with Crippen molar-refractivity contribution in [2.24, 2.45) is 0 Å². The molecule has 1 amide bonds. The number of thioether (sulfide) groups is 1. The lowest BCUT2D eigenvalue weighted by molar-refractivity contribution is -0.115. The second kappa shape index (κ2) is 10.3. The highest BCUT2D eigenvalue weighted by atomic mass is 35.5. The lowest BCUT2D eigenvalue weighted by Crippen LogP contribution is -2.23. The fraction of sp³-hybridized carbons (Fsp3) is 0.120.